The lowest BCUT2D eigenvalue weighted by Gasteiger charge is -2.23. The van der Waals surface area contributed by atoms with E-state index in [4.69, 9.17) is 0 Å². The summed E-state index contributed by atoms with van der Waals surface area (Å²) in [5.74, 6) is 0.749. The molecular formula is C16H25N3O3S. The van der Waals surface area contributed by atoms with E-state index in [0.717, 1.165) is 31.7 Å². The van der Waals surface area contributed by atoms with Gasteiger partial charge in [-0.25, -0.2) is 13.4 Å². The number of hydrogen-bond acceptors (Lipinski definition) is 5. The van der Waals surface area contributed by atoms with Gasteiger partial charge in [0.1, 0.15) is 5.82 Å². The molecule has 7 heteroatoms. The zero-order valence-electron chi connectivity index (χ0n) is 13.8. The third-order valence-electron chi connectivity index (χ3n) is 3.89. The molecule has 0 bridgehead atoms. The molecule has 2 heterocycles. The minimum absolute atomic E-state index is 0.0362. The van der Waals surface area contributed by atoms with Crippen molar-refractivity contribution in [3.8, 4) is 0 Å². The molecule has 1 fully saturated rings. The van der Waals surface area contributed by atoms with Crippen LogP contribution in [0.15, 0.2) is 18.3 Å². The van der Waals surface area contributed by atoms with E-state index >= 15 is 0 Å². The van der Waals surface area contributed by atoms with Gasteiger partial charge in [0.15, 0.2) is 9.84 Å². The fourth-order valence-corrected chi connectivity index (χ4v) is 4.46. The smallest absolute Gasteiger partial charge is 0.251 e. The van der Waals surface area contributed by atoms with Gasteiger partial charge in [0, 0.05) is 30.9 Å². The van der Waals surface area contributed by atoms with E-state index in [1.165, 1.54) is 0 Å². The highest BCUT2D eigenvalue weighted by molar-refractivity contribution is 7.91. The molecule has 1 atom stereocenters. The highest BCUT2D eigenvalue weighted by atomic mass is 32.2. The summed E-state index contributed by atoms with van der Waals surface area (Å²) in [6.45, 7) is 6.01. The topological polar surface area (TPSA) is 79.4 Å². The van der Waals surface area contributed by atoms with Gasteiger partial charge in [-0.15, -0.1) is 0 Å². The average molecular weight is 339 g/mol. The SMILES string of the molecule is CCCN(CCC)c1cc(C(=O)NC2CCS(=O)(=O)C2)ccn1. The first-order chi connectivity index (χ1) is 10.9. The van der Waals surface area contributed by atoms with Gasteiger partial charge in [0.25, 0.3) is 5.91 Å². The first kappa shape index (κ1) is 17.7. The Morgan fingerprint density at radius 3 is 2.61 bits per heavy atom. The van der Waals surface area contributed by atoms with E-state index in [-0.39, 0.29) is 23.5 Å². The Kier molecular flexibility index (Phi) is 5.98. The number of pyridine rings is 1. The average Bonchev–Trinajstić information content (AvgIpc) is 2.86. The lowest BCUT2D eigenvalue weighted by atomic mass is 10.2. The lowest BCUT2D eigenvalue weighted by Crippen LogP contribution is -2.35. The molecule has 6 nitrogen and oxygen atoms in total. The molecule has 1 N–H and O–H groups in total. The van der Waals surface area contributed by atoms with Crippen molar-refractivity contribution < 1.29 is 13.2 Å². The molecule has 1 aliphatic heterocycles. The normalized spacial score (nSPS) is 19.5. The number of amides is 1. The number of hydrogen-bond donors (Lipinski definition) is 1. The lowest BCUT2D eigenvalue weighted by molar-refractivity contribution is 0.0941. The Labute approximate surface area is 138 Å². The number of anilines is 1. The molecule has 0 aliphatic carbocycles. The van der Waals surface area contributed by atoms with Gasteiger partial charge in [0.05, 0.1) is 11.5 Å². The minimum Gasteiger partial charge on any atom is -0.357 e. The van der Waals surface area contributed by atoms with Crippen LogP contribution in [0.4, 0.5) is 5.82 Å². The van der Waals surface area contributed by atoms with E-state index in [1.807, 2.05) is 0 Å². The number of rotatable bonds is 7. The predicted molar refractivity (Wildman–Crippen MR) is 91.6 cm³/mol. The number of sulfone groups is 1. The summed E-state index contributed by atoms with van der Waals surface area (Å²) in [5, 5.41) is 2.82. The molecule has 2 rings (SSSR count). The van der Waals surface area contributed by atoms with Crippen LogP contribution in [0, 0.1) is 0 Å². The van der Waals surface area contributed by atoms with Crippen LogP contribution in [0.2, 0.25) is 0 Å². The summed E-state index contributed by atoms with van der Waals surface area (Å²) < 4.78 is 23.0. The maximum absolute atomic E-state index is 12.4. The van der Waals surface area contributed by atoms with Crippen molar-refractivity contribution in [2.45, 2.75) is 39.2 Å². The maximum Gasteiger partial charge on any atom is 0.251 e. The third-order valence-corrected chi connectivity index (χ3v) is 5.65. The monoisotopic (exact) mass is 339 g/mol. The van der Waals surface area contributed by atoms with E-state index in [2.05, 4.69) is 29.0 Å². The van der Waals surface area contributed by atoms with E-state index in [1.54, 1.807) is 18.3 Å². The van der Waals surface area contributed by atoms with E-state index in [9.17, 15) is 13.2 Å². The van der Waals surface area contributed by atoms with Crippen LogP contribution in [0.25, 0.3) is 0 Å². The van der Waals surface area contributed by atoms with Gasteiger partial charge in [-0.3, -0.25) is 4.79 Å². The molecule has 1 saturated heterocycles. The molecule has 0 radical (unpaired) electrons. The predicted octanol–water partition coefficient (Wildman–Crippen LogP) is 1.62. The molecular weight excluding hydrogens is 314 g/mol. The van der Waals surface area contributed by atoms with E-state index in [0.29, 0.717) is 12.0 Å². The van der Waals surface area contributed by atoms with Gasteiger partial charge < -0.3 is 10.2 Å². The molecule has 128 valence electrons. The fraction of sp³-hybridized carbons (Fsp3) is 0.625. The van der Waals surface area contributed by atoms with Crippen molar-refractivity contribution in [2.75, 3.05) is 29.5 Å². The second kappa shape index (κ2) is 7.77. The second-order valence-electron chi connectivity index (χ2n) is 5.96. The number of carbonyl (C=O) groups is 1. The van der Waals surface area contributed by atoms with Crippen molar-refractivity contribution in [3.05, 3.63) is 23.9 Å². The van der Waals surface area contributed by atoms with Crippen LogP contribution in [0.5, 0.6) is 0 Å². The number of aromatic nitrogens is 1. The van der Waals surface area contributed by atoms with Crippen LogP contribution in [0.3, 0.4) is 0 Å². The van der Waals surface area contributed by atoms with Crippen molar-refractivity contribution in [3.63, 3.8) is 0 Å². The van der Waals surface area contributed by atoms with Crippen LogP contribution < -0.4 is 10.2 Å². The first-order valence-corrected chi connectivity index (χ1v) is 9.99. The van der Waals surface area contributed by atoms with Crippen molar-refractivity contribution >= 4 is 21.6 Å². The van der Waals surface area contributed by atoms with Gasteiger partial charge >= 0.3 is 0 Å². The van der Waals surface area contributed by atoms with Crippen LogP contribution in [-0.4, -0.2) is 49.9 Å². The Balaban J connectivity index is 2.07. The number of nitrogens with zero attached hydrogens (tertiary/aromatic N) is 2. The highest BCUT2D eigenvalue weighted by Gasteiger charge is 2.29. The molecule has 0 spiro atoms. The van der Waals surface area contributed by atoms with Crippen LogP contribution >= 0.6 is 0 Å². The number of carbonyl (C=O) groups excluding carboxylic acids is 1. The molecule has 1 aromatic rings. The van der Waals surface area contributed by atoms with Crippen LogP contribution in [-0.2, 0) is 9.84 Å². The quantitative estimate of drug-likeness (QED) is 0.817. The zero-order chi connectivity index (χ0) is 16.9. The largest absolute Gasteiger partial charge is 0.357 e. The standard InChI is InChI=1S/C16H25N3O3S/c1-3-8-19(9-4-2)15-11-13(5-7-17-15)16(20)18-14-6-10-23(21,22)12-14/h5,7,11,14H,3-4,6,8-10,12H2,1-2H3,(H,18,20). The Morgan fingerprint density at radius 2 is 2.04 bits per heavy atom. The maximum atomic E-state index is 12.4. The molecule has 1 unspecified atom stereocenters. The number of nitrogens with one attached hydrogen (secondary N) is 1. The second-order valence-corrected chi connectivity index (χ2v) is 8.19. The molecule has 1 amide bonds. The van der Waals surface area contributed by atoms with Gasteiger partial charge in [-0.1, -0.05) is 13.8 Å². The summed E-state index contributed by atoms with van der Waals surface area (Å²) in [4.78, 5) is 18.9. The highest BCUT2D eigenvalue weighted by Crippen LogP contribution is 2.16. The summed E-state index contributed by atoms with van der Waals surface area (Å²) in [6.07, 6.45) is 4.15. The summed E-state index contributed by atoms with van der Waals surface area (Å²) in [5.41, 5.74) is 0.525. The van der Waals surface area contributed by atoms with Gasteiger partial charge in [-0.2, -0.15) is 0 Å². The molecule has 0 saturated carbocycles. The van der Waals surface area contributed by atoms with Crippen LogP contribution in [0.1, 0.15) is 43.5 Å². The Hall–Kier alpha value is -1.63. The minimum atomic E-state index is -2.99. The van der Waals surface area contributed by atoms with Crippen molar-refractivity contribution in [1.82, 2.24) is 10.3 Å². The molecule has 1 aliphatic rings. The molecule has 0 aromatic carbocycles. The van der Waals surface area contributed by atoms with Gasteiger partial charge in [-0.05, 0) is 31.4 Å². The zero-order valence-corrected chi connectivity index (χ0v) is 14.6. The third kappa shape index (κ3) is 4.92. The molecule has 23 heavy (non-hydrogen) atoms. The first-order valence-electron chi connectivity index (χ1n) is 8.17. The Morgan fingerprint density at radius 1 is 1.35 bits per heavy atom. The fourth-order valence-electron chi connectivity index (χ4n) is 2.79. The Bertz CT molecular complexity index is 640. The van der Waals surface area contributed by atoms with Crippen molar-refractivity contribution in [2.24, 2.45) is 0 Å². The van der Waals surface area contributed by atoms with Gasteiger partial charge in [0.2, 0.25) is 0 Å². The summed E-state index contributed by atoms with van der Waals surface area (Å²) in [7, 11) is -2.99. The summed E-state index contributed by atoms with van der Waals surface area (Å²) in [6, 6.07) is 3.16. The molecule has 1 aromatic heterocycles. The van der Waals surface area contributed by atoms with Crippen molar-refractivity contribution in [1.29, 1.82) is 0 Å². The summed E-state index contributed by atoms with van der Waals surface area (Å²) >= 11 is 0. The van der Waals surface area contributed by atoms with E-state index < -0.39 is 9.84 Å².